The summed E-state index contributed by atoms with van der Waals surface area (Å²) in [7, 11) is 0. The molecule has 1 saturated heterocycles. The van der Waals surface area contributed by atoms with E-state index in [1.54, 1.807) is 0 Å². The second kappa shape index (κ2) is 5.28. The molecule has 0 bridgehead atoms. The summed E-state index contributed by atoms with van der Waals surface area (Å²) in [6.07, 6.45) is 2.38. The molecule has 2 heterocycles. The summed E-state index contributed by atoms with van der Waals surface area (Å²) in [5, 5.41) is 6.80. The number of hydrogen-bond acceptors (Lipinski definition) is 5. The van der Waals surface area contributed by atoms with Crippen LogP contribution in [-0.4, -0.2) is 26.4 Å². The predicted molar refractivity (Wildman–Crippen MR) is 85.1 cm³/mol. The van der Waals surface area contributed by atoms with Gasteiger partial charge in [-0.05, 0) is 30.4 Å². The van der Waals surface area contributed by atoms with Gasteiger partial charge >= 0.3 is 6.03 Å². The Balaban J connectivity index is 1.72. The van der Waals surface area contributed by atoms with E-state index in [4.69, 9.17) is 11.6 Å². The Kier molecular flexibility index (Phi) is 3.35. The minimum absolute atomic E-state index is 0.0456. The van der Waals surface area contributed by atoms with E-state index in [-0.39, 0.29) is 12.5 Å². The fraction of sp³-hybridized carbons (Fsp3) is 0.333. The van der Waals surface area contributed by atoms with Gasteiger partial charge in [-0.15, -0.1) is 5.10 Å². The number of fused-ring (bicyclic) bond motifs is 2. The fourth-order valence-corrected chi connectivity index (χ4v) is 4.01. The first-order valence-electron chi connectivity index (χ1n) is 7.31. The number of carbonyl (C=O) groups is 2. The molecule has 3 amide bonds. The Morgan fingerprint density at radius 2 is 2.17 bits per heavy atom. The molecule has 1 fully saturated rings. The maximum atomic E-state index is 13.0. The summed E-state index contributed by atoms with van der Waals surface area (Å²) in [5.41, 5.74) is 1.50. The first-order valence-corrected chi connectivity index (χ1v) is 8.46. The number of aromatic nitrogens is 2. The van der Waals surface area contributed by atoms with Gasteiger partial charge in [0.25, 0.3) is 5.91 Å². The molecule has 8 heteroatoms. The number of nitrogens with one attached hydrogen (secondary N) is 1. The molecule has 118 valence electrons. The van der Waals surface area contributed by atoms with Gasteiger partial charge in [-0.1, -0.05) is 40.4 Å². The van der Waals surface area contributed by atoms with Crippen LogP contribution in [0.5, 0.6) is 0 Å². The molecular formula is C15H13ClN4O2S. The van der Waals surface area contributed by atoms with Crippen molar-refractivity contribution in [3.05, 3.63) is 45.4 Å². The second-order valence-electron chi connectivity index (χ2n) is 5.73. The molecule has 2 aliphatic rings. The lowest BCUT2D eigenvalue weighted by Gasteiger charge is -2.33. The number of hydrogen-bond donors (Lipinski definition) is 1. The molecule has 6 nitrogen and oxygen atoms in total. The lowest BCUT2D eigenvalue weighted by molar-refractivity contribution is -0.132. The van der Waals surface area contributed by atoms with Gasteiger partial charge in [-0.2, -0.15) is 0 Å². The molecule has 0 unspecified atom stereocenters. The molecular weight excluding hydrogens is 336 g/mol. The van der Waals surface area contributed by atoms with Gasteiger partial charge in [-0.3, -0.25) is 9.69 Å². The van der Waals surface area contributed by atoms with E-state index in [2.05, 4.69) is 14.9 Å². The van der Waals surface area contributed by atoms with Gasteiger partial charge in [0, 0.05) is 11.5 Å². The Hall–Kier alpha value is -1.99. The molecule has 1 N–H and O–H groups in total. The van der Waals surface area contributed by atoms with Crippen LogP contribution in [0.25, 0.3) is 0 Å². The summed E-state index contributed by atoms with van der Waals surface area (Å²) in [4.78, 5) is 26.6. The smallest absolute Gasteiger partial charge is 0.319 e. The number of aryl methyl sites for hydroxylation is 1. The number of imide groups is 1. The van der Waals surface area contributed by atoms with Crippen LogP contribution >= 0.6 is 23.1 Å². The highest BCUT2D eigenvalue weighted by atomic mass is 35.5. The van der Waals surface area contributed by atoms with E-state index >= 15 is 0 Å². The zero-order chi connectivity index (χ0) is 16.0. The van der Waals surface area contributed by atoms with Crippen molar-refractivity contribution in [2.45, 2.75) is 31.3 Å². The monoisotopic (exact) mass is 348 g/mol. The van der Waals surface area contributed by atoms with Crippen LogP contribution in [0.2, 0.25) is 4.34 Å². The lowest BCUT2D eigenvalue weighted by Crippen LogP contribution is -2.46. The van der Waals surface area contributed by atoms with E-state index in [1.807, 2.05) is 24.3 Å². The third kappa shape index (κ3) is 2.14. The summed E-state index contributed by atoms with van der Waals surface area (Å²) in [6, 6.07) is 7.38. The molecule has 4 rings (SSSR count). The third-order valence-corrected chi connectivity index (χ3v) is 5.45. The molecule has 2 aromatic rings. The first-order chi connectivity index (χ1) is 11.1. The van der Waals surface area contributed by atoms with Gasteiger partial charge in [0.1, 0.15) is 15.6 Å². The third-order valence-electron chi connectivity index (χ3n) is 4.47. The van der Waals surface area contributed by atoms with Crippen molar-refractivity contribution in [3.8, 4) is 0 Å². The lowest BCUT2D eigenvalue weighted by atomic mass is 9.76. The second-order valence-corrected chi connectivity index (χ2v) is 7.09. The molecule has 0 radical (unpaired) electrons. The van der Waals surface area contributed by atoms with Gasteiger partial charge in [-0.25, -0.2) is 4.79 Å². The average molecular weight is 349 g/mol. The van der Waals surface area contributed by atoms with Crippen LogP contribution in [0.4, 0.5) is 4.79 Å². The minimum Gasteiger partial charge on any atom is -0.319 e. The summed E-state index contributed by atoms with van der Waals surface area (Å²) in [6.45, 7) is 0.0456. The van der Waals surface area contributed by atoms with Crippen molar-refractivity contribution in [1.82, 2.24) is 19.8 Å². The maximum Gasteiger partial charge on any atom is 0.325 e. The van der Waals surface area contributed by atoms with Crippen LogP contribution in [0, 0.1) is 0 Å². The normalized spacial score (nSPS) is 23.3. The van der Waals surface area contributed by atoms with Crippen LogP contribution in [0.1, 0.15) is 29.7 Å². The van der Waals surface area contributed by atoms with Gasteiger partial charge in [0.15, 0.2) is 0 Å². The molecule has 1 aliphatic heterocycles. The van der Waals surface area contributed by atoms with Gasteiger partial charge in [0.05, 0.1) is 6.54 Å². The van der Waals surface area contributed by atoms with E-state index in [0.717, 1.165) is 35.5 Å². The van der Waals surface area contributed by atoms with Gasteiger partial charge < -0.3 is 5.32 Å². The molecule has 1 aromatic carbocycles. The van der Waals surface area contributed by atoms with Crippen molar-refractivity contribution in [2.24, 2.45) is 0 Å². The molecule has 1 spiro atoms. The van der Waals surface area contributed by atoms with Crippen molar-refractivity contribution in [1.29, 1.82) is 0 Å². The minimum atomic E-state index is -0.956. The highest BCUT2D eigenvalue weighted by Gasteiger charge is 2.54. The van der Waals surface area contributed by atoms with E-state index in [0.29, 0.717) is 16.5 Å². The van der Waals surface area contributed by atoms with E-state index in [9.17, 15) is 9.59 Å². The standard InChI is InChI=1S/C15H13ClN4O2S/c16-12-11(18-19-23-12)8-20-13(21)15(17-14(20)22)7-3-5-9-4-1-2-6-10(9)15/h1-2,4,6H,3,5,7-8H2,(H,17,22)/t15-/m0/s1. The highest BCUT2D eigenvalue weighted by molar-refractivity contribution is 7.10. The number of amides is 3. The van der Waals surface area contributed by atoms with Crippen molar-refractivity contribution < 1.29 is 9.59 Å². The molecule has 1 aromatic heterocycles. The van der Waals surface area contributed by atoms with E-state index < -0.39 is 11.6 Å². The number of benzene rings is 1. The number of nitrogens with zero attached hydrogens (tertiary/aromatic N) is 3. The highest BCUT2D eigenvalue weighted by Crippen LogP contribution is 2.40. The number of halogens is 1. The summed E-state index contributed by atoms with van der Waals surface area (Å²) < 4.78 is 4.14. The predicted octanol–water partition coefficient (Wildman–Crippen LogP) is 2.48. The topological polar surface area (TPSA) is 75.2 Å². The number of urea groups is 1. The van der Waals surface area contributed by atoms with Crippen LogP contribution < -0.4 is 5.32 Å². The Bertz CT molecular complexity index is 808. The quantitative estimate of drug-likeness (QED) is 0.846. The largest absolute Gasteiger partial charge is 0.325 e. The van der Waals surface area contributed by atoms with Gasteiger partial charge in [0.2, 0.25) is 0 Å². The molecule has 0 saturated carbocycles. The maximum absolute atomic E-state index is 13.0. The fourth-order valence-electron chi connectivity index (χ4n) is 3.40. The SMILES string of the molecule is O=C1N[C@]2(CCCc3ccccc32)C(=O)N1Cc1nnsc1Cl. The van der Waals surface area contributed by atoms with Crippen molar-refractivity contribution in [3.63, 3.8) is 0 Å². The number of carbonyl (C=O) groups excluding carboxylic acids is 2. The zero-order valence-electron chi connectivity index (χ0n) is 12.1. The van der Waals surface area contributed by atoms with Crippen molar-refractivity contribution >= 4 is 35.1 Å². The van der Waals surface area contributed by atoms with Crippen LogP contribution in [-0.2, 0) is 23.3 Å². The first kappa shape index (κ1) is 14.6. The Morgan fingerprint density at radius 1 is 1.35 bits per heavy atom. The van der Waals surface area contributed by atoms with Crippen molar-refractivity contribution in [2.75, 3.05) is 0 Å². The Labute approximate surface area is 141 Å². The zero-order valence-corrected chi connectivity index (χ0v) is 13.7. The molecule has 1 aliphatic carbocycles. The van der Waals surface area contributed by atoms with Crippen LogP contribution in [0.15, 0.2) is 24.3 Å². The van der Waals surface area contributed by atoms with Crippen LogP contribution in [0.3, 0.4) is 0 Å². The summed E-state index contributed by atoms with van der Waals surface area (Å²) in [5.74, 6) is -0.237. The summed E-state index contributed by atoms with van der Waals surface area (Å²) >= 11 is 7.04. The molecule has 23 heavy (non-hydrogen) atoms. The van der Waals surface area contributed by atoms with E-state index in [1.165, 1.54) is 4.90 Å². The Morgan fingerprint density at radius 3 is 2.96 bits per heavy atom. The molecule has 1 atom stereocenters. The average Bonchev–Trinajstić information content (AvgIpc) is 3.06. The number of rotatable bonds is 2.